The van der Waals surface area contributed by atoms with Gasteiger partial charge in [-0.05, 0) is 54.7 Å². The molecule has 2 aromatic carbocycles. The normalized spacial score (nSPS) is 15.7. The van der Waals surface area contributed by atoms with E-state index in [4.69, 9.17) is 14.4 Å². The summed E-state index contributed by atoms with van der Waals surface area (Å²) in [6.07, 6.45) is 3.45. The summed E-state index contributed by atoms with van der Waals surface area (Å²) in [5.41, 5.74) is 2.34. The largest absolute Gasteiger partial charge is 0.457 e. The van der Waals surface area contributed by atoms with Gasteiger partial charge < -0.3 is 9.15 Å². The maximum Gasteiger partial charge on any atom is 0.264 e. The minimum absolute atomic E-state index is 0.0269. The lowest BCUT2D eigenvalue weighted by molar-refractivity contribution is 0.0872. The molecule has 0 unspecified atom stereocenters. The summed E-state index contributed by atoms with van der Waals surface area (Å²) in [6.45, 7) is 0. The molecule has 0 spiro atoms. The van der Waals surface area contributed by atoms with Gasteiger partial charge in [0.1, 0.15) is 17.6 Å². The summed E-state index contributed by atoms with van der Waals surface area (Å²) < 4.78 is 11.1. The fraction of sp³-hybridized carbons (Fsp3) is 0.190. The van der Waals surface area contributed by atoms with Gasteiger partial charge in [0.05, 0.1) is 6.20 Å². The standard InChI is InChI=1S/C21H16N2O3/c22-12-19-13-23-21(26-19)20(24)16-7-6-15-11-18(9-8-14(15)10-16)25-17-4-2-1-3-5-17/h1-5,8-9,11,13,16H,6-7,10H2/t16-/m0/s1. The van der Waals surface area contributed by atoms with E-state index < -0.39 is 0 Å². The first-order valence-corrected chi connectivity index (χ1v) is 8.48. The first kappa shape index (κ1) is 16.1. The van der Waals surface area contributed by atoms with Gasteiger partial charge in [-0.1, -0.05) is 24.3 Å². The van der Waals surface area contributed by atoms with Crippen molar-refractivity contribution in [2.45, 2.75) is 19.3 Å². The van der Waals surface area contributed by atoms with Crippen LogP contribution in [0.15, 0.2) is 59.1 Å². The number of fused-ring (bicyclic) bond motifs is 1. The zero-order chi connectivity index (χ0) is 17.9. The van der Waals surface area contributed by atoms with E-state index in [-0.39, 0.29) is 23.4 Å². The third kappa shape index (κ3) is 3.22. The number of carbonyl (C=O) groups is 1. The van der Waals surface area contributed by atoms with Crippen LogP contribution in [-0.2, 0) is 12.8 Å². The lowest BCUT2D eigenvalue weighted by Gasteiger charge is -2.23. The van der Waals surface area contributed by atoms with Gasteiger partial charge in [-0.2, -0.15) is 5.26 Å². The van der Waals surface area contributed by atoms with Crippen LogP contribution >= 0.6 is 0 Å². The van der Waals surface area contributed by atoms with Gasteiger partial charge in [0.25, 0.3) is 5.89 Å². The molecule has 5 nitrogen and oxygen atoms in total. The molecule has 0 N–H and O–H groups in total. The fourth-order valence-electron chi connectivity index (χ4n) is 3.26. The van der Waals surface area contributed by atoms with E-state index in [0.29, 0.717) is 6.42 Å². The number of para-hydroxylation sites is 1. The lowest BCUT2D eigenvalue weighted by atomic mass is 9.81. The molecule has 0 radical (unpaired) electrons. The topological polar surface area (TPSA) is 76.1 Å². The smallest absolute Gasteiger partial charge is 0.264 e. The van der Waals surface area contributed by atoms with E-state index in [1.54, 1.807) is 0 Å². The molecule has 0 saturated heterocycles. The number of nitrogens with zero attached hydrogens (tertiary/aromatic N) is 2. The van der Waals surface area contributed by atoms with Crippen LogP contribution in [0.3, 0.4) is 0 Å². The molecular formula is C21H16N2O3. The fourth-order valence-corrected chi connectivity index (χ4v) is 3.26. The minimum atomic E-state index is -0.173. The predicted octanol–water partition coefficient (Wildman–Crippen LogP) is 4.33. The number of benzene rings is 2. The minimum Gasteiger partial charge on any atom is -0.457 e. The van der Waals surface area contributed by atoms with Gasteiger partial charge in [0.15, 0.2) is 0 Å². The van der Waals surface area contributed by atoms with Gasteiger partial charge in [0.2, 0.25) is 11.5 Å². The average Bonchev–Trinajstić information content (AvgIpc) is 3.17. The second-order valence-electron chi connectivity index (χ2n) is 6.29. The highest BCUT2D eigenvalue weighted by atomic mass is 16.5. The van der Waals surface area contributed by atoms with Crippen molar-refractivity contribution >= 4 is 5.78 Å². The Kier molecular flexibility index (Phi) is 4.24. The molecule has 1 heterocycles. The van der Waals surface area contributed by atoms with Crippen molar-refractivity contribution < 1.29 is 13.9 Å². The Balaban J connectivity index is 1.49. The quantitative estimate of drug-likeness (QED) is 0.659. The maximum absolute atomic E-state index is 12.6. The number of aryl methyl sites for hydroxylation is 1. The molecule has 1 aliphatic carbocycles. The molecule has 0 bridgehead atoms. The summed E-state index contributed by atoms with van der Waals surface area (Å²) in [5.74, 6) is 1.38. The number of nitriles is 1. The van der Waals surface area contributed by atoms with E-state index in [1.807, 2.05) is 54.6 Å². The Bertz CT molecular complexity index is 986. The number of carbonyl (C=O) groups excluding carboxylic acids is 1. The molecular weight excluding hydrogens is 328 g/mol. The monoisotopic (exact) mass is 344 g/mol. The summed E-state index contributed by atoms with van der Waals surface area (Å²) in [7, 11) is 0. The Morgan fingerprint density at radius 3 is 2.77 bits per heavy atom. The highest BCUT2D eigenvalue weighted by Crippen LogP contribution is 2.32. The highest BCUT2D eigenvalue weighted by Gasteiger charge is 2.28. The first-order valence-electron chi connectivity index (χ1n) is 8.48. The van der Waals surface area contributed by atoms with Crippen molar-refractivity contribution in [1.29, 1.82) is 5.26 Å². The molecule has 1 aliphatic rings. The van der Waals surface area contributed by atoms with E-state index in [2.05, 4.69) is 4.98 Å². The third-order valence-corrected chi connectivity index (χ3v) is 4.58. The van der Waals surface area contributed by atoms with Gasteiger partial charge in [-0.25, -0.2) is 4.98 Å². The number of oxazole rings is 1. The Morgan fingerprint density at radius 2 is 2.00 bits per heavy atom. The van der Waals surface area contributed by atoms with Crippen LogP contribution in [0.25, 0.3) is 0 Å². The van der Waals surface area contributed by atoms with Crippen molar-refractivity contribution in [2.24, 2.45) is 5.92 Å². The molecule has 4 rings (SSSR count). The van der Waals surface area contributed by atoms with Gasteiger partial charge in [-0.15, -0.1) is 0 Å². The zero-order valence-corrected chi connectivity index (χ0v) is 14.0. The van der Waals surface area contributed by atoms with Crippen LogP contribution in [0, 0.1) is 17.2 Å². The number of Topliss-reactive ketones (excluding diaryl/α,β-unsaturated/α-hetero) is 1. The van der Waals surface area contributed by atoms with Crippen LogP contribution in [-0.4, -0.2) is 10.8 Å². The molecule has 3 aromatic rings. The molecule has 26 heavy (non-hydrogen) atoms. The number of rotatable bonds is 4. The predicted molar refractivity (Wildman–Crippen MR) is 94.0 cm³/mol. The molecule has 1 atom stereocenters. The number of hydrogen-bond donors (Lipinski definition) is 0. The Labute approximate surface area is 150 Å². The van der Waals surface area contributed by atoms with Crippen molar-refractivity contribution in [3.63, 3.8) is 0 Å². The van der Waals surface area contributed by atoms with Crippen LogP contribution in [0.4, 0.5) is 0 Å². The van der Waals surface area contributed by atoms with Crippen LogP contribution in [0.2, 0.25) is 0 Å². The van der Waals surface area contributed by atoms with Crippen molar-refractivity contribution in [1.82, 2.24) is 4.98 Å². The van der Waals surface area contributed by atoms with E-state index in [1.165, 1.54) is 11.8 Å². The summed E-state index contributed by atoms with van der Waals surface area (Å²) in [5, 5.41) is 8.80. The summed E-state index contributed by atoms with van der Waals surface area (Å²) in [4.78, 5) is 16.5. The maximum atomic E-state index is 12.6. The molecule has 0 amide bonds. The molecule has 0 fully saturated rings. The first-order chi connectivity index (χ1) is 12.7. The van der Waals surface area contributed by atoms with Crippen molar-refractivity contribution in [2.75, 3.05) is 0 Å². The molecule has 128 valence electrons. The van der Waals surface area contributed by atoms with Gasteiger partial charge in [0, 0.05) is 5.92 Å². The summed E-state index contributed by atoms with van der Waals surface area (Å²) >= 11 is 0. The van der Waals surface area contributed by atoms with E-state index in [9.17, 15) is 4.79 Å². The second kappa shape index (κ2) is 6.85. The molecule has 1 aromatic heterocycles. The highest BCUT2D eigenvalue weighted by molar-refractivity contribution is 5.94. The van der Waals surface area contributed by atoms with Crippen LogP contribution < -0.4 is 4.74 Å². The average molecular weight is 344 g/mol. The van der Waals surface area contributed by atoms with Gasteiger partial charge in [-0.3, -0.25) is 4.79 Å². The van der Waals surface area contributed by atoms with Crippen molar-refractivity contribution in [3.8, 4) is 17.6 Å². The number of ketones is 1. The lowest BCUT2D eigenvalue weighted by Crippen LogP contribution is -2.23. The third-order valence-electron chi connectivity index (χ3n) is 4.58. The Hall–Kier alpha value is -3.39. The van der Waals surface area contributed by atoms with Crippen LogP contribution in [0.5, 0.6) is 11.5 Å². The molecule has 0 aliphatic heterocycles. The SMILES string of the molecule is N#Cc1cnc(C(=O)[C@H]2CCc3cc(Oc4ccccc4)ccc3C2)o1. The van der Waals surface area contributed by atoms with E-state index >= 15 is 0 Å². The Morgan fingerprint density at radius 1 is 1.15 bits per heavy atom. The van der Waals surface area contributed by atoms with Crippen molar-refractivity contribution in [3.05, 3.63) is 77.5 Å². The molecule has 5 heteroatoms. The van der Waals surface area contributed by atoms with Gasteiger partial charge >= 0.3 is 0 Å². The summed E-state index contributed by atoms with van der Waals surface area (Å²) in [6, 6.07) is 17.5. The number of aromatic nitrogens is 1. The van der Waals surface area contributed by atoms with Crippen LogP contribution in [0.1, 0.15) is 34.0 Å². The molecule has 0 saturated carbocycles. The van der Waals surface area contributed by atoms with E-state index in [0.717, 1.165) is 29.9 Å². The zero-order valence-electron chi connectivity index (χ0n) is 14.0. The second-order valence-corrected chi connectivity index (χ2v) is 6.29. The number of ether oxygens (including phenoxy) is 1. The number of hydrogen-bond acceptors (Lipinski definition) is 5.